The van der Waals surface area contributed by atoms with Crippen molar-refractivity contribution in [1.82, 2.24) is 10.6 Å². The maximum absolute atomic E-state index is 12.0. The summed E-state index contributed by atoms with van der Waals surface area (Å²) in [6.07, 6.45) is 2.80. The summed E-state index contributed by atoms with van der Waals surface area (Å²) in [5.74, 6) is 0.346. The average molecular weight is 320 g/mol. The van der Waals surface area contributed by atoms with Crippen molar-refractivity contribution in [2.75, 3.05) is 13.2 Å². The van der Waals surface area contributed by atoms with E-state index < -0.39 is 0 Å². The molecule has 1 aromatic rings. The van der Waals surface area contributed by atoms with Crippen LogP contribution in [0.3, 0.4) is 0 Å². The van der Waals surface area contributed by atoms with Gasteiger partial charge in [0.1, 0.15) is 0 Å². The molecule has 23 heavy (non-hydrogen) atoms. The minimum absolute atomic E-state index is 0.293. The molecule has 4 nitrogen and oxygen atoms in total. The monoisotopic (exact) mass is 320 g/mol. The van der Waals surface area contributed by atoms with E-state index in [1.807, 2.05) is 32.0 Å². The molecule has 0 spiro atoms. The fourth-order valence-electron chi connectivity index (χ4n) is 2.37. The third-order valence-electron chi connectivity index (χ3n) is 3.72. The number of hydrogen-bond acceptors (Lipinski definition) is 3. The Morgan fingerprint density at radius 1 is 1.26 bits per heavy atom. The first kappa shape index (κ1) is 19.5. The van der Waals surface area contributed by atoms with E-state index >= 15 is 0 Å². The van der Waals surface area contributed by atoms with E-state index in [1.54, 1.807) is 0 Å². The Kier molecular flexibility index (Phi) is 8.70. The highest BCUT2D eigenvalue weighted by atomic mass is 16.5. The molecule has 1 amide bonds. The number of hydrogen-bond donors (Lipinski definition) is 2. The Balaban J connectivity index is 2.49. The molecule has 1 aromatic carbocycles. The highest BCUT2D eigenvalue weighted by molar-refractivity contribution is 5.68. The number of carbonyl (C=O) groups is 1. The van der Waals surface area contributed by atoms with Crippen LogP contribution in [0, 0.1) is 5.92 Å². The molecular formula is C19H32N2O2. The van der Waals surface area contributed by atoms with Gasteiger partial charge >= 0.3 is 6.09 Å². The molecule has 0 heterocycles. The summed E-state index contributed by atoms with van der Waals surface area (Å²) in [6, 6.07) is 10.3. The van der Waals surface area contributed by atoms with Crippen molar-refractivity contribution in [2.24, 2.45) is 5.92 Å². The third-order valence-corrected chi connectivity index (χ3v) is 3.72. The second kappa shape index (κ2) is 10.3. The number of alkyl carbamates (subject to hydrolysis) is 1. The van der Waals surface area contributed by atoms with Gasteiger partial charge in [0.15, 0.2) is 0 Å². The maximum Gasteiger partial charge on any atom is 0.407 e. The van der Waals surface area contributed by atoms with E-state index in [2.05, 4.69) is 36.6 Å². The molecule has 0 saturated heterocycles. The van der Waals surface area contributed by atoms with Gasteiger partial charge in [-0.25, -0.2) is 4.79 Å². The molecule has 1 unspecified atom stereocenters. The Bertz CT molecular complexity index is 448. The minimum Gasteiger partial charge on any atom is -0.449 e. The highest BCUT2D eigenvalue weighted by Crippen LogP contribution is 2.14. The zero-order chi connectivity index (χ0) is 17.1. The lowest BCUT2D eigenvalue weighted by Crippen LogP contribution is -2.52. The molecule has 4 heteroatoms. The fraction of sp³-hybridized carbons (Fsp3) is 0.632. The SMILES string of the molecule is CCCCC(C)(CNCc1ccccc1)NC(=O)OCC(C)C. The van der Waals surface area contributed by atoms with Crippen LogP contribution in [0.25, 0.3) is 0 Å². The van der Waals surface area contributed by atoms with Crippen LogP contribution < -0.4 is 10.6 Å². The lowest BCUT2D eigenvalue weighted by molar-refractivity contribution is 0.120. The van der Waals surface area contributed by atoms with Crippen LogP contribution in [0.5, 0.6) is 0 Å². The average Bonchev–Trinajstić information content (AvgIpc) is 2.52. The molecule has 0 aliphatic carbocycles. The van der Waals surface area contributed by atoms with E-state index in [1.165, 1.54) is 5.56 Å². The topological polar surface area (TPSA) is 50.4 Å². The van der Waals surface area contributed by atoms with Crippen LogP contribution >= 0.6 is 0 Å². The van der Waals surface area contributed by atoms with E-state index in [9.17, 15) is 4.79 Å². The van der Waals surface area contributed by atoms with Gasteiger partial charge in [0.25, 0.3) is 0 Å². The summed E-state index contributed by atoms with van der Waals surface area (Å²) in [6.45, 7) is 10.3. The number of ether oxygens (including phenoxy) is 1. The summed E-state index contributed by atoms with van der Waals surface area (Å²) >= 11 is 0. The Morgan fingerprint density at radius 3 is 2.57 bits per heavy atom. The minimum atomic E-state index is -0.321. The molecule has 0 radical (unpaired) electrons. The van der Waals surface area contributed by atoms with Crippen LogP contribution in [0.2, 0.25) is 0 Å². The summed E-state index contributed by atoms with van der Waals surface area (Å²) in [5.41, 5.74) is 0.950. The van der Waals surface area contributed by atoms with E-state index in [4.69, 9.17) is 4.74 Å². The van der Waals surface area contributed by atoms with Gasteiger partial charge in [-0.15, -0.1) is 0 Å². The second-order valence-electron chi connectivity index (χ2n) is 6.87. The molecule has 1 rings (SSSR count). The molecule has 0 saturated carbocycles. The number of rotatable bonds is 10. The van der Waals surface area contributed by atoms with Crippen LogP contribution in [0.15, 0.2) is 30.3 Å². The first-order valence-electron chi connectivity index (χ1n) is 8.65. The van der Waals surface area contributed by atoms with Crippen molar-refractivity contribution < 1.29 is 9.53 Å². The normalized spacial score (nSPS) is 13.6. The first-order valence-corrected chi connectivity index (χ1v) is 8.65. The zero-order valence-electron chi connectivity index (χ0n) is 15.0. The smallest absolute Gasteiger partial charge is 0.407 e. The van der Waals surface area contributed by atoms with Gasteiger partial charge in [-0.2, -0.15) is 0 Å². The third kappa shape index (κ3) is 8.60. The summed E-state index contributed by atoms with van der Waals surface area (Å²) < 4.78 is 5.27. The number of unbranched alkanes of at least 4 members (excludes halogenated alkanes) is 1. The van der Waals surface area contributed by atoms with Crippen LogP contribution in [0.1, 0.15) is 52.5 Å². The zero-order valence-corrected chi connectivity index (χ0v) is 15.0. The predicted octanol–water partition coefficient (Wildman–Crippen LogP) is 4.11. The largest absolute Gasteiger partial charge is 0.449 e. The van der Waals surface area contributed by atoms with Crippen LogP contribution in [0.4, 0.5) is 4.79 Å². The van der Waals surface area contributed by atoms with E-state index in [-0.39, 0.29) is 11.6 Å². The molecule has 0 bridgehead atoms. The van der Waals surface area contributed by atoms with Crippen LogP contribution in [-0.2, 0) is 11.3 Å². The standard InChI is InChI=1S/C19H32N2O2/c1-5-6-12-19(4,21-18(22)23-14-16(2)3)15-20-13-17-10-8-7-9-11-17/h7-11,16,20H,5-6,12-15H2,1-4H3,(H,21,22). The molecule has 130 valence electrons. The maximum atomic E-state index is 12.0. The van der Waals surface area contributed by atoms with Gasteiger partial charge < -0.3 is 15.4 Å². The Labute approximate surface area is 141 Å². The first-order chi connectivity index (χ1) is 10.9. The molecule has 2 N–H and O–H groups in total. The highest BCUT2D eigenvalue weighted by Gasteiger charge is 2.26. The Morgan fingerprint density at radius 2 is 1.96 bits per heavy atom. The van der Waals surface area contributed by atoms with Gasteiger partial charge in [0.2, 0.25) is 0 Å². The molecular weight excluding hydrogens is 288 g/mol. The van der Waals surface area contributed by atoms with Gasteiger partial charge in [0, 0.05) is 13.1 Å². The van der Waals surface area contributed by atoms with Crippen molar-refractivity contribution in [2.45, 2.75) is 59.0 Å². The molecule has 0 aromatic heterocycles. The van der Waals surface area contributed by atoms with Crippen molar-refractivity contribution in [1.29, 1.82) is 0 Å². The lowest BCUT2D eigenvalue weighted by atomic mass is 9.95. The van der Waals surface area contributed by atoms with Gasteiger partial charge in [-0.3, -0.25) is 0 Å². The number of amides is 1. The quantitative estimate of drug-likeness (QED) is 0.682. The van der Waals surface area contributed by atoms with Crippen molar-refractivity contribution >= 4 is 6.09 Å². The Hall–Kier alpha value is -1.55. The molecule has 0 aliphatic rings. The summed E-state index contributed by atoms with van der Waals surface area (Å²) in [7, 11) is 0. The number of nitrogens with one attached hydrogen (secondary N) is 2. The van der Waals surface area contributed by atoms with E-state index in [0.717, 1.165) is 32.4 Å². The van der Waals surface area contributed by atoms with Crippen LogP contribution in [-0.4, -0.2) is 24.8 Å². The van der Waals surface area contributed by atoms with E-state index in [0.29, 0.717) is 12.5 Å². The van der Waals surface area contributed by atoms with Gasteiger partial charge in [-0.05, 0) is 24.8 Å². The number of benzene rings is 1. The summed E-state index contributed by atoms with van der Waals surface area (Å²) in [4.78, 5) is 12.0. The number of carbonyl (C=O) groups excluding carboxylic acids is 1. The van der Waals surface area contributed by atoms with Crippen molar-refractivity contribution in [3.63, 3.8) is 0 Å². The van der Waals surface area contributed by atoms with Gasteiger partial charge in [0.05, 0.1) is 12.1 Å². The predicted molar refractivity (Wildman–Crippen MR) is 95.4 cm³/mol. The molecule has 1 atom stereocenters. The second-order valence-corrected chi connectivity index (χ2v) is 6.87. The van der Waals surface area contributed by atoms with Gasteiger partial charge in [-0.1, -0.05) is 63.9 Å². The molecule has 0 aliphatic heterocycles. The van der Waals surface area contributed by atoms with Crippen molar-refractivity contribution in [3.05, 3.63) is 35.9 Å². The van der Waals surface area contributed by atoms with Crippen molar-refractivity contribution in [3.8, 4) is 0 Å². The summed E-state index contributed by atoms with van der Waals surface area (Å²) in [5, 5.41) is 6.50. The molecule has 0 fully saturated rings. The lowest BCUT2D eigenvalue weighted by Gasteiger charge is -2.31. The fourth-order valence-corrected chi connectivity index (χ4v) is 2.37.